The Morgan fingerprint density at radius 1 is 1.20 bits per heavy atom. The van der Waals surface area contributed by atoms with Gasteiger partial charge < -0.3 is 9.47 Å². The van der Waals surface area contributed by atoms with Crippen molar-refractivity contribution in [3.8, 4) is 17.6 Å². The number of aryl methyl sites for hydroxylation is 2. The van der Waals surface area contributed by atoms with E-state index in [0.29, 0.717) is 19.6 Å². The van der Waals surface area contributed by atoms with E-state index in [2.05, 4.69) is 6.07 Å². The van der Waals surface area contributed by atoms with Crippen molar-refractivity contribution in [1.82, 2.24) is 0 Å². The predicted molar refractivity (Wildman–Crippen MR) is 56.2 cm³/mol. The fourth-order valence-corrected chi connectivity index (χ4v) is 1.89. The van der Waals surface area contributed by atoms with Gasteiger partial charge in [-0.25, -0.2) is 0 Å². The molecule has 1 aromatic rings. The number of rotatable bonds is 1. The SMILES string of the molecule is Cc1cc(C)c2c(c1CC#N)OCCO2. The molecule has 0 atom stereocenters. The Bertz CT molecular complexity index is 432. The van der Waals surface area contributed by atoms with Gasteiger partial charge in [0.05, 0.1) is 12.5 Å². The van der Waals surface area contributed by atoms with Crippen molar-refractivity contribution in [2.75, 3.05) is 13.2 Å². The van der Waals surface area contributed by atoms with Crippen LogP contribution in [0, 0.1) is 25.2 Å². The molecular weight excluding hydrogens is 190 g/mol. The number of nitrogens with zero attached hydrogens (tertiary/aromatic N) is 1. The third kappa shape index (κ3) is 1.63. The van der Waals surface area contributed by atoms with Crippen LogP contribution in [-0.4, -0.2) is 13.2 Å². The van der Waals surface area contributed by atoms with Crippen LogP contribution in [-0.2, 0) is 6.42 Å². The van der Waals surface area contributed by atoms with E-state index in [1.54, 1.807) is 0 Å². The number of nitriles is 1. The van der Waals surface area contributed by atoms with Gasteiger partial charge in [-0.1, -0.05) is 6.07 Å². The molecule has 15 heavy (non-hydrogen) atoms. The molecule has 3 nitrogen and oxygen atoms in total. The molecule has 0 amide bonds. The van der Waals surface area contributed by atoms with E-state index in [4.69, 9.17) is 14.7 Å². The van der Waals surface area contributed by atoms with Crippen LogP contribution in [0.25, 0.3) is 0 Å². The fourth-order valence-electron chi connectivity index (χ4n) is 1.89. The highest BCUT2D eigenvalue weighted by Crippen LogP contribution is 2.38. The van der Waals surface area contributed by atoms with Gasteiger partial charge in [-0.05, 0) is 25.0 Å². The second-order valence-corrected chi connectivity index (χ2v) is 3.68. The Hall–Kier alpha value is -1.69. The van der Waals surface area contributed by atoms with E-state index in [9.17, 15) is 0 Å². The number of fused-ring (bicyclic) bond motifs is 1. The second kappa shape index (κ2) is 3.82. The largest absolute Gasteiger partial charge is 0.486 e. The Kier molecular flexibility index (Phi) is 2.51. The molecule has 0 saturated carbocycles. The molecule has 0 aliphatic carbocycles. The lowest BCUT2D eigenvalue weighted by Crippen LogP contribution is -2.18. The number of hydrogen-bond donors (Lipinski definition) is 0. The monoisotopic (exact) mass is 203 g/mol. The molecule has 0 saturated heterocycles. The molecule has 1 aliphatic rings. The molecular formula is C12H13NO2. The maximum absolute atomic E-state index is 8.77. The van der Waals surface area contributed by atoms with Crippen LogP contribution in [0.2, 0.25) is 0 Å². The molecule has 0 fully saturated rings. The average Bonchev–Trinajstić information content (AvgIpc) is 2.24. The first-order valence-corrected chi connectivity index (χ1v) is 4.99. The van der Waals surface area contributed by atoms with Crippen molar-refractivity contribution >= 4 is 0 Å². The van der Waals surface area contributed by atoms with Gasteiger partial charge in [0.2, 0.25) is 0 Å². The molecule has 1 heterocycles. The smallest absolute Gasteiger partial charge is 0.166 e. The van der Waals surface area contributed by atoms with Crippen molar-refractivity contribution in [2.24, 2.45) is 0 Å². The molecule has 0 N–H and O–H groups in total. The lowest BCUT2D eigenvalue weighted by molar-refractivity contribution is 0.169. The molecule has 3 heteroatoms. The Morgan fingerprint density at radius 2 is 1.87 bits per heavy atom. The minimum absolute atomic E-state index is 0.373. The van der Waals surface area contributed by atoms with Crippen LogP contribution in [0.3, 0.4) is 0 Å². The molecule has 2 rings (SSSR count). The third-order valence-electron chi connectivity index (χ3n) is 2.58. The van der Waals surface area contributed by atoms with Gasteiger partial charge in [0.1, 0.15) is 13.2 Å². The van der Waals surface area contributed by atoms with Crippen LogP contribution in [0.1, 0.15) is 16.7 Å². The quantitative estimate of drug-likeness (QED) is 0.702. The number of hydrogen-bond acceptors (Lipinski definition) is 3. The van der Waals surface area contributed by atoms with E-state index >= 15 is 0 Å². The summed E-state index contributed by atoms with van der Waals surface area (Å²) in [4.78, 5) is 0. The van der Waals surface area contributed by atoms with Gasteiger partial charge in [0.25, 0.3) is 0 Å². The van der Waals surface area contributed by atoms with Gasteiger partial charge in [-0.15, -0.1) is 0 Å². The summed E-state index contributed by atoms with van der Waals surface area (Å²) in [5.74, 6) is 1.57. The average molecular weight is 203 g/mol. The van der Waals surface area contributed by atoms with Crippen molar-refractivity contribution in [3.05, 3.63) is 22.8 Å². The minimum Gasteiger partial charge on any atom is -0.486 e. The van der Waals surface area contributed by atoms with Crippen LogP contribution in [0.15, 0.2) is 6.07 Å². The molecule has 1 aliphatic heterocycles. The van der Waals surface area contributed by atoms with Gasteiger partial charge in [0, 0.05) is 5.56 Å². The molecule has 0 bridgehead atoms. The minimum atomic E-state index is 0.373. The highest BCUT2D eigenvalue weighted by molar-refractivity contribution is 5.56. The van der Waals surface area contributed by atoms with Crippen molar-refractivity contribution in [2.45, 2.75) is 20.3 Å². The second-order valence-electron chi connectivity index (χ2n) is 3.68. The Balaban J connectivity index is 2.59. The van der Waals surface area contributed by atoms with Gasteiger partial charge in [-0.2, -0.15) is 5.26 Å². The standard InChI is InChI=1S/C12H13NO2/c1-8-7-9(2)11-12(10(8)3-4-13)15-6-5-14-11/h7H,3,5-6H2,1-2H3. The predicted octanol–water partition coefficient (Wildman–Crippen LogP) is 2.14. The van der Waals surface area contributed by atoms with Gasteiger partial charge >= 0.3 is 0 Å². The first-order chi connectivity index (χ1) is 7.24. The fraction of sp³-hybridized carbons (Fsp3) is 0.417. The number of ether oxygens (including phenoxy) is 2. The molecule has 1 aromatic carbocycles. The van der Waals surface area contributed by atoms with Crippen LogP contribution >= 0.6 is 0 Å². The third-order valence-corrected chi connectivity index (χ3v) is 2.58. The summed E-state index contributed by atoms with van der Waals surface area (Å²) >= 11 is 0. The maximum atomic E-state index is 8.77. The summed E-state index contributed by atoms with van der Waals surface area (Å²) in [6.45, 7) is 5.14. The topological polar surface area (TPSA) is 42.2 Å². The lowest BCUT2D eigenvalue weighted by atomic mass is 10.0. The zero-order valence-corrected chi connectivity index (χ0v) is 8.96. The summed E-state index contributed by atoms with van der Waals surface area (Å²) in [5.41, 5.74) is 3.12. The van der Waals surface area contributed by atoms with E-state index < -0.39 is 0 Å². The lowest BCUT2D eigenvalue weighted by Gasteiger charge is -2.23. The first kappa shape index (κ1) is 9.85. The zero-order valence-electron chi connectivity index (χ0n) is 8.96. The summed E-state index contributed by atoms with van der Waals surface area (Å²) in [6.07, 6.45) is 0.373. The van der Waals surface area contributed by atoms with Crippen molar-refractivity contribution in [3.63, 3.8) is 0 Å². The maximum Gasteiger partial charge on any atom is 0.166 e. The zero-order chi connectivity index (χ0) is 10.8. The van der Waals surface area contributed by atoms with E-state index in [1.165, 1.54) is 0 Å². The Morgan fingerprint density at radius 3 is 2.53 bits per heavy atom. The Labute approximate surface area is 89.2 Å². The molecule has 0 unspecified atom stereocenters. The van der Waals surface area contributed by atoms with E-state index in [1.807, 2.05) is 19.9 Å². The molecule has 78 valence electrons. The van der Waals surface area contributed by atoms with Gasteiger partial charge in [0.15, 0.2) is 11.5 Å². The van der Waals surface area contributed by atoms with Gasteiger partial charge in [-0.3, -0.25) is 0 Å². The van der Waals surface area contributed by atoms with Crippen molar-refractivity contribution < 1.29 is 9.47 Å². The normalized spacial score (nSPS) is 13.4. The van der Waals surface area contributed by atoms with Crippen LogP contribution in [0.5, 0.6) is 11.5 Å². The molecule has 0 aromatic heterocycles. The van der Waals surface area contributed by atoms with E-state index in [0.717, 1.165) is 28.2 Å². The molecule has 0 spiro atoms. The summed E-state index contributed by atoms with van der Waals surface area (Å²) in [5, 5.41) is 8.77. The highest BCUT2D eigenvalue weighted by Gasteiger charge is 2.20. The first-order valence-electron chi connectivity index (χ1n) is 4.99. The summed E-state index contributed by atoms with van der Waals surface area (Å²) in [7, 11) is 0. The van der Waals surface area contributed by atoms with Crippen LogP contribution < -0.4 is 9.47 Å². The summed E-state index contributed by atoms with van der Waals surface area (Å²) < 4.78 is 11.2. The van der Waals surface area contributed by atoms with E-state index in [-0.39, 0.29) is 0 Å². The highest BCUT2D eigenvalue weighted by atomic mass is 16.6. The van der Waals surface area contributed by atoms with Crippen molar-refractivity contribution in [1.29, 1.82) is 5.26 Å². The molecule has 0 radical (unpaired) electrons. The summed E-state index contributed by atoms with van der Waals surface area (Å²) in [6, 6.07) is 4.20. The van der Waals surface area contributed by atoms with Crippen LogP contribution in [0.4, 0.5) is 0 Å². The number of benzene rings is 1.